The molecule has 2 aromatic heterocycles. The second kappa shape index (κ2) is 11.9. The van der Waals surface area contributed by atoms with E-state index in [0.29, 0.717) is 35.9 Å². The normalized spacial score (nSPS) is 17.1. The molecule has 9 nitrogen and oxygen atoms in total. The number of aryl methyl sites for hydroxylation is 1. The SMILES string of the molecule is CCC(CC)C(=O)N(C)C.Cc1ncc(N2CC[C@@H](Oc3ccc(C(=O)C4CC4)nc3)C2=O)cn1. The number of hydrogen-bond acceptors (Lipinski definition) is 7. The maximum atomic E-state index is 12.5. The van der Waals surface area contributed by atoms with Crippen LogP contribution in [0.3, 0.4) is 0 Å². The van der Waals surface area contributed by atoms with Crippen molar-refractivity contribution in [3.8, 4) is 5.75 Å². The van der Waals surface area contributed by atoms with Crippen LogP contribution < -0.4 is 9.64 Å². The fourth-order valence-corrected chi connectivity index (χ4v) is 3.86. The summed E-state index contributed by atoms with van der Waals surface area (Å²) in [7, 11) is 3.61. The first-order chi connectivity index (χ1) is 16.7. The smallest absolute Gasteiger partial charge is 0.268 e. The number of aromatic nitrogens is 3. The van der Waals surface area contributed by atoms with Crippen LogP contribution in [0.25, 0.3) is 0 Å². The van der Waals surface area contributed by atoms with E-state index < -0.39 is 6.10 Å². The van der Waals surface area contributed by atoms with Crippen molar-refractivity contribution in [2.75, 3.05) is 25.5 Å². The minimum atomic E-state index is -0.562. The van der Waals surface area contributed by atoms with E-state index in [9.17, 15) is 14.4 Å². The van der Waals surface area contributed by atoms with Gasteiger partial charge in [-0.05, 0) is 44.7 Å². The zero-order valence-electron chi connectivity index (χ0n) is 21.2. The first-order valence-corrected chi connectivity index (χ1v) is 12.2. The van der Waals surface area contributed by atoms with Crippen LogP contribution in [0.15, 0.2) is 30.7 Å². The summed E-state index contributed by atoms with van der Waals surface area (Å²) in [6.45, 7) is 6.46. The standard InChI is InChI=1S/C18H18N4O3.C8H17NO/c1-11-19-8-13(9-20-11)22-7-6-16(18(22)24)25-14-4-5-15(21-10-14)17(23)12-2-3-12;1-5-7(6-2)8(10)9(3)4/h4-5,8-10,12,16H,2-3,6-7H2,1H3;7H,5-6H2,1-4H3/t16-;/m1./s1. The highest BCUT2D eigenvalue weighted by Gasteiger charge is 2.35. The molecule has 1 atom stereocenters. The van der Waals surface area contributed by atoms with Crippen molar-refractivity contribution in [2.24, 2.45) is 11.8 Å². The molecule has 2 aromatic rings. The van der Waals surface area contributed by atoms with Crippen LogP contribution in [-0.4, -0.2) is 64.2 Å². The monoisotopic (exact) mass is 481 g/mol. The number of hydrogen-bond donors (Lipinski definition) is 0. The minimum Gasteiger partial charge on any atom is -0.479 e. The molecule has 2 aliphatic rings. The molecule has 0 radical (unpaired) electrons. The third kappa shape index (κ3) is 6.83. The highest BCUT2D eigenvalue weighted by Crippen LogP contribution is 2.32. The Morgan fingerprint density at radius 2 is 1.71 bits per heavy atom. The zero-order chi connectivity index (χ0) is 25.5. The average molecular weight is 482 g/mol. The molecule has 1 aliphatic carbocycles. The number of carbonyl (C=O) groups excluding carboxylic acids is 3. The molecule has 188 valence electrons. The van der Waals surface area contributed by atoms with Crippen LogP contribution in [-0.2, 0) is 9.59 Å². The van der Waals surface area contributed by atoms with Gasteiger partial charge >= 0.3 is 0 Å². The highest BCUT2D eigenvalue weighted by atomic mass is 16.5. The molecule has 1 saturated heterocycles. The molecular weight excluding hydrogens is 446 g/mol. The number of pyridine rings is 1. The topological polar surface area (TPSA) is 106 Å². The van der Waals surface area contributed by atoms with Crippen LogP contribution >= 0.6 is 0 Å². The van der Waals surface area contributed by atoms with E-state index in [1.54, 1.807) is 55.3 Å². The number of Topliss-reactive ketones (excluding diaryl/α,β-unsaturated/α-hetero) is 1. The summed E-state index contributed by atoms with van der Waals surface area (Å²) < 4.78 is 5.77. The van der Waals surface area contributed by atoms with Gasteiger partial charge in [-0.3, -0.25) is 14.4 Å². The third-order valence-corrected chi connectivity index (χ3v) is 6.23. The molecule has 0 spiro atoms. The minimum absolute atomic E-state index is 0.0917. The highest BCUT2D eigenvalue weighted by molar-refractivity contribution is 5.99. The third-order valence-electron chi connectivity index (χ3n) is 6.23. The molecule has 2 amide bonds. The van der Waals surface area contributed by atoms with E-state index in [-0.39, 0.29) is 29.4 Å². The number of ketones is 1. The predicted octanol–water partition coefficient (Wildman–Crippen LogP) is 3.47. The summed E-state index contributed by atoms with van der Waals surface area (Å²) in [6.07, 6.45) is 8.62. The van der Waals surface area contributed by atoms with E-state index in [1.807, 2.05) is 0 Å². The largest absolute Gasteiger partial charge is 0.479 e. The molecule has 0 N–H and O–H groups in total. The van der Waals surface area contributed by atoms with E-state index in [0.717, 1.165) is 25.7 Å². The fraction of sp³-hybridized carbons (Fsp3) is 0.538. The van der Waals surface area contributed by atoms with Crippen molar-refractivity contribution in [1.82, 2.24) is 19.9 Å². The van der Waals surface area contributed by atoms with Gasteiger partial charge in [0.05, 0.1) is 24.3 Å². The number of carbonyl (C=O) groups is 3. The van der Waals surface area contributed by atoms with Crippen LogP contribution in [0.5, 0.6) is 5.75 Å². The number of rotatable bonds is 8. The Balaban J connectivity index is 0.000000292. The van der Waals surface area contributed by atoms with Gasteiger partial charge in [-0.1, -0.05) is 13.8 Å². The lowest BCUT2D eigenvalue weighted by Crippen LogP contribution is -2.32. The Morgan fingerprint density at radius 1 is 1.06 bits per heavy atom. The molecule has 1 aliphatic heterocycles. The second-order valence-corrected chi connectivity index (χ2v) is 9.14. The van der Waals surface area contributed by atoms with Gasteiger partial charge in [-0.2, -0.15) is 0 Å². The van der Waals surface area contributed by atoms with E-state index in [2.05, 4.69) is 28.8 Å². The second-order valence-electron chi connectivity index (χ2n) is 9.14. The summed E-state index contributed by atoms with van der Waals surface area (Å²) in [5.41, 5.74) is 1.14. The zero-order valence-corrected chi connectivity index (χ0v) is 21.2. The number of anilines is 1. The molecule has 3 heterocycles. The summed E-state index contributed by atoms with van der Waals surface area (Å²) in [5.74, 6) is 1.75. The Morgan fingerprint density at radius 3 is 2.20 bits per heavy atom. The van der Waals surface area contributed by atoms with Gasteiger partial charge in [0, 0.05) is 38.9 Å². The van der Waals surface area contributed by atoms with Crippen LogP contribution in [0.2, 0.25) is 0 Å². The molecule has 9 heteroatoms. The molecule has 0 bridgehead atoms. The summed E-state index contributed by atoms with van der Waals surface area (Å²) >= 11 is 0. The lowest BCUT2D eigenvalue weighted by molar-refractivity contribution is -0.133. The van der Waals surface area contributed by atoms with Gasteiger partial charge in [0.2, 0.25) is 5.91 Å². The Bertz CT molecular complexity index is 1020. The van der Waals surface area contributed by atoms with E-state index in [4.69, 9.17) is 4.74 Å². The van der Waals surface area contributed by atoms with Crippen molar-refractivity contribution in [3.63, 3.8) is 0 Å². The van der Waals surface area contributed by atoms with Gasteiger partial charge < -0.3 is 14.5 Å². The van der Waals surface area contributed by atoms with E-state index in [1.165, 1.54) is 6.20 Å². The van der Waals surface area contributed by atoms with Gasteiger partial charge in [0.15, 0.2) is 11.9 Å². The fourth-order valence-electron chi connectivity index (χ4n) is 3.86. The van der Waals surface area contributed by atoms with Crippen molar-refractivity contribution >= 4 is 23.3 Å². The number of nitrogens with zero attached hydrogens (tertiary/aromatic N) is 5. The van der Waals surface area contributed by atoms with Crippen LogP contribution in [0, 0.1) is 18.8 Å². The Hall–Kier alpha value is -3.36. The summed E-state index contributed by atoms with van der Waals surface area (Å²) in [6, 6.07) is 3.37. The van der Waals surface area contributed by atoms with Crippen LogP contribution in [0.1, 0.15) is 62.3 Å². The maximum absolute atomic E-state index is 12.5. The molecular formula is C26H35N5O4. The molecule has 4 rings (SSSR count). The van der Waals surface area contributed by atoms with Crippen molar-refractivity contribution < 1.29 is 19.1 Å². The molecule has 0 aromatic carbocycles. The van der Waals surface area contributed by atoms with Gasteiger partial charge in [0.25, 0.3) is 5.91 Å². The molecule has 2 fully saturated rings. The average Bonchev–Trinajstić information content (AvgIpc) is 3.65. The van der Waals surface area contributed by atoms with Crippen LogP contribution in [0.4, 0.5) is 5.69 Å². The lowest BCUT2D eigenvalue weighted by Gasteiger charge is -2.16. The van der Waals surface area contributed by atoms with E-state index >= 15 is 0 Å². The van der Waals surface area contributed by atoms with Gasteiger partial charge in [0.1, 0.15) is 17.3 Å². The maximum Gasteiger partial charge on any atom is 0.268 e. The van der Waals surface area contributed by atoms with Gasteiger partial charge in [-0.25, -0.2) is 15.0 Å². The van der Waals surface area contributed by atoms with Crippen molar-refractivity contribution in [1.29, 1.82) is 0 Å². The Kier molecular flexibility index (Phi) is 8.89. The summed E-state index contributed by atoms with van der Waals surface area (Å²) in [4.78, 5) is 51.4. The predicted molar refractivity (Wildman–Crippen MR) is 132 cm³/mol. The first-order valence-electron chi connectivity index (χ1n) is 12.2. The number of amides is 2. The molecule has 0 unspecified atom stereocenters. The lowest BCUT2D eigenvalue weighted by atomic mass is 10.0. The number of ether oxygens (including phenoxy) is 1. The first kappa shape index (κ1) is 26.2. The van der Waals surface area contributed by atoms with Crippen molar-refractivity contribution in [2.45, 2.75) is 59.0 Å². The van der Waals surface area contributed by atoms with Crippen molar-refractivity contribution in [3.05, 3.63) is 42.2 Å². The summed E-state index contributed by atoms with van der Waals surface area (Å²) in [5, 5.41) is 0. The molecule has 35 heavy (non-hydrogen) atoms. The Labute approximate surface area is 206 Å². The van der Waals surface area contributed by atoms with Gasteiger partial charge in [-0.15, -0.1) is 0 Å². The quantitative estimate of drug-likeness (QED) is 0.532. The molecule has 1 saturated carbocycles.